The summed E-state index contributed by atoms with van der Waals surface area (Å²) in [6.07, 6.45) is 2.25. The molecule has 0 atom stereocenters. The maximum Gasteiger partial charge on any atom is 0.178 e. The molecule has 118 valence electrons. The first-order valence-corrected chi connectivity index (χ1v) is 8.29. The molecular weight excluding hydrogens is 292 g/mol. The van der Waals surface area contributed by atoms with Crippen LogP contribution in [0.5, 0.6) is 5.75 Å². The van der Waals surface area contributed by atoms with Gasteiger partial charge in [0.25, 0.3) is 0 Å². The van der Waals surface area contributed by atoms with Gasteiger partial charge in [0.15, 0.2) is 5.60 Å². The fraction of sp³-hybridized carbons (Fsp3) is 0.130. The van der Waals surface area contributed by atoms with Gasteiger partial charge in [-0.3, -0.25) is 0 Å². The predicted octanol–water partition coefficient (Wildman–Crippen LogP) is 5.73. The second-order valence-corrected chi connectivity index (χ2v) is 6.40. The Hall–Kier alpha value is -2.80. The molecule has 0 spiro atoms. The number of hydrogen-bond donors (Lipinski definition) is 0. The van der Waals surface area contributed by atoms with E-state index in [1.807, 2.05) is 12.1 Å². The van der Waals surface area contributed by atoms with Gasteiger partial charge in [-0.2, -0.15) is 0 Å². The number of allylic oxidation sites excluding steroid dienone is 1. The van der Waals surface area contributed by atoms with Crippen molar-refractivity contribution in [3.05, 3.63) is 107 Å². The van der Waals surface area contributed by atoms with E-state index in [1.54, 1.807) is 0 Å². The quantitative estimate of drug-likeness (QED) is 0.587. The van der Waals surface area contributed by atoms with Crippen molar-refractivity contribution in [2.45, 2.75) is 19.4 Å². The van der Waals surface area contributed by atoms with Crippen LogP contribution >= 0.6 is 0 Å². The molecule has 0 saturated heterocycles. The molecule has 1 nitrogen and oxygen atoms in total. The summed E-state index contributed by atoms with van der Waals surface area (Å²) in [4.78, 5) is 0. The lowest BCUT2D eigenvalue weighted by atomic mass is 9.81. The third kappa shape index (κ3) is 2.33. The topological polar surface area (TPSA) is 9.23 Å². The molecular formula is C23H20O. The monoisotopic (exact) mass is 312 g/mol. The Morgan fingerprint density at radius 3 is 1.88 bits per heavy atom. The highest BCUT2D eigenvalue weighted by Crippen LogP contribution is 2.44. The van der Waals surface area contributed by atoms with Gasteiger partial charge in [-0.15, -0.1) is 0 Å². The van der Waals surface area contributed by atoms with E-state index in [-0.39, 0.29) is 0 Å². The van der Waals surface area contributed by atoms with Gasteiger partial charge in [-0.1, -0.05) is 72.3 Å². The summed E-state index contributed by atoms with van der Waals surface area (Å²) in [6, 6.07) is 27.3. The highest BCUT2D eigenvalue weighted by molar-refractivity contribution is 5.74. The van der Waals surface area contributed by atoms with Crippen LogP contribution in [-0.2, 0) is 5.60 Å². The minimum absolute atomic E-state index is 0.588. The second kappa shape index (κ2) is 5.68. The summed E-state index contributed by atoms with van der Waals surface area (Å²) in [5.74, 6) is 0.938. The molecule has 24 heavy (non-hydrogen) atoms. The molecule has 3 aromatic carbocycles. The van der Waals surface area contributed by atoms with Crippen molar-refractivity contribution in [3.63, 3.8) is 0 Å². The van der Waals surface area contributed by atoms with Gasteiger partial charge >= 0.3 is 0 Å². The zero-order valence-corrected chi connectivity index (χ0v) is 14.0. The van der Waals surface area contributed by atoms with Crippen molar-refractivity contribution in [3.8, 4) is 5.75 Å². The number of benzene rings is 3. The molecule has 0 amide bonds. The van der Waals surface area contributed by atoms with Crippen LogP contribution in [0.1, 0.15) is 29.2 Å². The maximum absolute atomic E-state index is 6.64. The third-order valence-corrected chi connectivity index (χ3v) is 4.66. The lowest BCUT2D eigenvalue weighted by molar-refractivity contribution is 0.160. The lowest BCUT2D eigenvalue weighted by Gasteiger charge is -2.37. The van der Waals surface area contributed by atoms with Crippen molar-refractivity contribution >= 4 is 5.57 Å². The van der Waals surface area contributed by atoms with Crippen LogP contribution in [0.4, 0.5) is 0 Å². The molecule has 0 saturated carbocycles. The van der Waals surface area contributed by atoms with Crippen LogP contribution < -0.4 is 4.74 Å². The molecule has 0 bridgehead atoms. The van der Waals surface area contributed by atoms with Crippen LogP contribution in [-0.4, -0.2) is 0 Å². The van der Waals surface area contributed by atoms with E-state index >= 15 is 0 Å². The summed E-state index contributed by atoms with van der Waals surface area (Å²) in [7, 11) is 0. The minimum Gasteiger partial charge on any atom is -0.473 e. The van der Waals surface area contributed by atoms with Gasteiger partial charge in [0.2, 0.25) is 0 Å². The standard InChI is InChI=1S/C23H20O/c1-17-13-14-22-21(15-17)18(2)16-23(24-22,19-9-5-3-6-10-19)20-11-7-4-8-12-20/h3-16H,1-2H3. The van der Waals surface area contributed by atoms with Gasteiger partial charge in [0.05, 0.1) is 0 Å². The smallest absolute Gasteiger partial charge is 0.178 e. The molecule has 0 radical (unpaired) electrons. The zero-order valence-electron chi connectivity index (χ0n) is 14.0. The van der Waals surface area contributed by atoms with Crippen molar-refractivity contribution in [2.75, 3.05) is 0 Å². The normalized spacial score (nSPS) is 15.2. The molecule has 0 aliphatic carbocycles. The van der Waals surface area contributed by atoms with Gasteiger partial charge in [0, 0.05) is 16.7 Å². The average molecular weight is 312 g/mol. The molecule has 1 heterocycles. The van der Waals surface area contributed by atoms with Gasteiger partial charge in [-0.25, -0.2) is 0 Å². The summed E-state index contributed by atoms with van der Waals surface area (Å²) in [5.41, 5.74) is 5.36. The van der Waals surface area contributed by atoms with Crippen molar-refractivity contribution in [1.29, 1.82) is 0 Å². The van der Waals surface area contributed by atoms with Gasteiger partial charge in [0.1, 0.15) is 5.75 Å². The van der Waals surface area contributed by atoms with Gasteiger partial charge in [-0.05, 0) is 37.6 Å². The van der Waals surface area contributed by atoms with Crippen LogP contribution in [0.25, 0.3) is 5.57 Å². The third-order valence-electron chi connectivity index (χ3n) is 4.66. The van der Waals surface area contributed by atoms with Crippen molar-refractivity contribution in [1.82, 2.24) is 0 Å². The Morgan fingerprint density at radius 2 is 1.29 bits per heavy atom. The van der Waals surface area contributed by atoms with Crippen LogP contribution in [0, 0.1) is 6.92 Å². The molecule has 0 unspecified atom stereocenters. The number of hydrogen-bond acceptors (Lipinski definition) is 1. The van der Waals surface area contributed by atoms with Crippen molar-refractivity contribution < 1.29 is 4.74 Å². The van der Waals surface area contributed by atoms with Crippen molar-refractivity contribution in [2.24, 2.45) is 0 Å². The fourth-order valence-electron chi connectivity index (χ4n) is 3.45. The Morgan fingerprint density at radius 1 is 0.708 bits per heavy atom. The number of rotatable bonds is 2. The van der Waals surface area contributed by atoms with E-state index in [2.05, 4.69) is 86.7 Å². The van der Waals surface area contributed by atoms with Crippen LogP contribution in [0.2, 0.25) is 0 Å². The Balaban J connectivity index is 1.97. The first-order valence-electron chi connectivity index (χ1n) is 8.29. The highest BCUT2D eigenvalue weighted by atomic mass is 16.5. The molecule has 4 rings (SSSR count). The first-order chi connectivity index (χ1) is 11.7. The molecule has 1 heteroatoms. The van der Waals surface area contributed by atoms with E-state index in [0.717, 1.165) is 16.9 Å². The number of fused-ring (bicyclic) bond motifs is 1. The molecule has 0 N–H and O–H groups in total. The molecule has 1 aliphatic rings. The lowest BCUT2D eigenvalue weighted by Crippen LogP contribution is -2.35. The molecule has 3 aromatic rings. The van der Waals surface area contributed by atoms with E-state index < -0.39 is 5.60 Å². The fourth-order valence-corrected chi connectivity index (χ4v) is 3.45. The summed E-state index contributed by atoms with van der Waals surface area (Å²) in [6.45, 7) is 4.28. The van der Waals surface area contributed by atoms with E-state index in [9.17, 15) is 0 Å². The average Bonchev–Trinajstić information content (AvgIpc) is 2.63. The second-order valence-electron chi connectivity index (χ2n) is 6.40. The zero-order chi connectivity index (χ0) is 16.6. The summed E-state index contributed by atoms with van der Waals surface area (Å²) >= 11 is 0. The summed E-state index contributed by atoms with van der Waals surface area (Å²) < 4.78 is 6.64. The number of ether oxygens (including phenoxy) is 1. The van der Waals surface area contributed by atoms with E-state index in [4.69, 9.17) is 4.74 Å². The number of aryl methyl sites for hydroxylation is 1. The molecule has 1 aliphatic heterocycles. The Bertz CT molecular complexity index is 852. The first kappa shape index (κ1) is 14.8. The van der Waals surface area contributed by atoms with Crippen LogP contribution in [0.3, 0.4) is 0 Å². The van der Waals surface area contributed by atoms with E-state index in [0.29, 0.717) is 0 Å². The summed E-state index contributed by atoms with van der Waals surface area (Å²) in [5, 5.41) is 0. The van der Waals surface area contributed by atoms with E-state index in [1.165, 1.54) is 16.7 Å². The largest absolute Gasteiger partial charge is 0.473 e. The molecule has 0 aromatic heterocycles. The minimum atomic E-state index is -0.588. The Kier molecular flexibility index (Phi) is 3.50. The predicted molar refractivity (Wildman–Crippen MR) is 99.1 cm³/mol. The molecule has 0 fully saturated rings. The highest BCUT2D eigenvalue weighted by Gasteiger charge is 2.38. The van der Waals surface area contributed by atoms with Crippen LogP contribution in [0.15, 0.2) is 84.9 Å². The maximum atomic E-state index is 6.64. The Labute approximate surface area is 143 Å². The SMILES string of the molecule is CC1=CC(c2ccccc2)(c2ccccc2)Oc2ccc(C)cc21. The van der Waals surface area contributed by atoms with Gasteiger partial charge < -0.3 is 4.74 Å².